The van der Waals surface area contributed by atoms with Crippen LogP contribution in [0.25, 0.3) is 6.08 Å². The van der Waals surface area contributed by atoms with E-state index >= 15 is 0 Å². The van der Waals surface area contributed by atoms with E-state index in [1.54, 1.807) is 31.6 Å². The van der Waals surface area contributed by atoms with Gasteiger partial charge in [0.15, 0.2) is 16.3 Å². The second-order valence-electron chi connectivity index (χ2n) is 8.17. The number of nitrogens with zero attached hydrogens (tertiary/aromatic N) is 2. The summed E-state index contributed by atoms with van der Waals surface area (Å²) in [6.07, 6.45) is 1.80. The van der Waals surface area contributed by atoms with Crippen LogP contribution in [-0.4, -0.2) is 30.9 Å². The summed E-state index contributed by atoms with van der Waals surface area (Å²) in [5, 5.41) is 0. The molecule has 3 aromatic rings. The lowest BCUT2D eigenvalue weighted by Gasteiger charge is -2.24. The van der Waals surface area contributed by atoms with Crippen LogP contribution in [0.4, 0.5) is 0 Å². The fourth-order valence-corrected chi connectivity index (χ4v) is 5.80. The molecular weight excluding hydrogens is 591 g/mol. The van der Waals surface area contributed by atoms with Gasteiger partial charge in [-0.05, 0) is 74.1 Å². The molecule has 1 aromatic heterocycles. The van der Waals surface area contributed by atoms with Crippen molar-refractivity contribution in [1.29, 1.82) is 0 Å². The molecule has 0 saturated heterocycles. The number of hydrogen-bond donors (Lipinski definition) is 0. The van der Waals surface area contributed by atoms with Crippen molar-refractivity contribution in [3.8, 4) is 11.5 Å². The van der Waals surface area contributed by atoms with Crippen LogP contribution < -0.4 is 24.4 Å². The third kappa shape index (κ3) is 4.99. The topological polar surface area (TPSA) is 79.1 Å². The van der Waals surface area contributed by atoms with Crippen LogP contribution in [0.1, 0.15) is 43.5 Å². The molecule has 1 aliphatic rings. The fourth-order valence-electron chi connectivity index (χ4n) is 4.14. The molecule has 0 aliphatic carbocycles. The van der Waals surface area contributed by atoms with E-state index in [1.165, 1.54) is 11.3 Å². The number of ether oxygens (including phenoxy) is 3. The zero-order valence-corrected chi connectivity index (χ0v) is 23.7. The largest absolute Gasteiger partial charge is 0.493 e. The summed E-state index contributed by atoms with van der Waals surface area (Å²) < 4.78 is 19.8. The molecule has 36 heavy (non-hydrogen) atoms. The van der Waals surface area contributed by atoms with Crippen LogP contribution in [0.15, 0.2) is 57.5 Å². The quantitative estimate of drug-likeness (QED) is 0.294. The monoisotopic (exact) mass is 618 g/mol. The molecule has 4 rings (SSSR count). The van der Waals surface area contributed by atoms with Gasteiger partial charge in [-0.2, -0.15) is 0 Å². The summed E-state index contributed by atoms with van der Waals surface area (Å²) in [5.41, 5.74) is 3.30. The molecule has 9 heteroatoms. The van der Waals surface area contributed by atoms with E-state index in [0.717, 1.165) is 20.3 Å². The van der Waals surface area contributed by atoms with Crippen molar-refractivity contribution in [2.75, 3.05) is 20.3 Å². The Morgan fingerprint density at radius 3 is 2.53 bits per heavy atom. The van der Waals surface area contributed by atoms with E-state index in [1.807, 2.05) is 50.2 Å². The number of hydrogen-bond acceptors (Lipinski definition) is 7. The number of carbonyl (C=O) groups excluding carboxylic acids is 1. The Morgan fingerprint density at radius 2 is 1.89 bits per heavy atom. The first-order valence-corrected chi connectivity index (χ1v) is 13.4. The Labute approximate surface area is 226 Å². The maximum atomic E-state index is 13.8. The van der Waals surface area contributed by atoms with Gasteiger partial charge in [-0.1, -0.05) is 41.2 Å². The van der Waals surface area contributed by atoms with Gasteiger partial charge in [0, 0.05) is 9.13 Å². The van der Waals surface area contributed by atoms with Gasteiger partial charge in [-0.3, -0.25) is 9.36 Å². The Kier molecular flexibility index (Phi) is 7.99. The van der Waals surface area contributed by atoms with Gasteiger partial charge in [0.25, 0.3) is 5.56 Å². The second kappa shape index (κ2) is 11.0. The Morgan fingerprint density at radius 1 is 1.17 bits per heavy atom. The number of carbonyl (C=O) groups is 1. The van der Waals surface area contributed by atoms with Crippen molar-refractivity contribution in [3.05, 3.63) is 87.6 Å². The van der Waals surface area contributed by atoms with E-state index in [2.05, 4.69) is 27.6 Å². The smallest absolute Gasteiger partial charge is 0.338 e. The number of rotatable bonds is 7. The first kappa shape index (κ1) is 26.2. The summed E-state index contributed by atoms with van der Waals surface area (Å²) in [6, 6.07) is 11.0. The van der Waals surface area contributed by atoms with Crippen molar-refractivity contribution in [1.82, 2.24) is 4.57 Å². The highest BCUT2D eigenvalue weighted by molar-refractivity contribution is 14.1. The summed E-state index contributed by atoms with van der Waals surface area (Å²) in [5.74, 6) is 0.699. The standard InChI is InChI=1S/C27H27IN2O5S/c1-6-34-24-18(12-19(28)14-20(24)33-5)13-21-25(31)30-23(17-10-8-15(3)9-11-17)22(26(32)35-7-2)16(4)29-27(30)36-21/h8-14,23H,6-7H2,1-5H3/b21-13-/t23-/m0/s1. The van der Waals surface area contributed by atoms with E-state index in [0.29, 0.717) is 38.7 Å². The van der Waals surface area contributed by atoms with Gasteiger partial charge >= 0.3 is 5.97 Å². The molecule has 1 atom stereocenters. The number of esters is 1. The normalized spacial score (nSPS) is 15.4. The van der Waals surface area contributed by atoms with Crippen LogP contribution in [0.2, 0.25) is 0 Å². The SMILES string of the molecule is CCOC(=O)C1=C(C)N=c2s/c(=C\c3cc(I)cc(OC)c3OCC)c(=O)n2[C@H]1c1ccc(C)cc1. The van der Waals surface area contributed by atoms with Crippen molar-refractivity contribution in [2.45, 2.75) is 33.7 Å². The predicted octanol–water partition coefficient (Wildman–Crippen LogP) is 4.12. The number of fused-ring (bicyclic) bond motifs is 1. The van der Waals surface area contributed by atoms with Crippen molar-refractivity contribution in [3.63, 3.8) is 0 Å². The van der Waals surface area contributed by atoms with Crippen LogP contribution in [-0.2, 0) is 9.53 Å². The second-order valence-corrected chi connectivity index (χ2v) is 10.4. The first-order valence-electron chi connectivity index (χ1n) is 11.6. The number of methoxy groups -OCH3 is 1. The molecule has 0 unspecified atom stereocenters. The molecule has 188 valence electrons. The molecular formula is C27H27IN2O5S. The minimum absolute atomic E-state index is 0.231. The number of thiazole rings is 1. The highest BCUT2D eigenvalue weighted by atomic mass is 127. The molecule has 0 bridgehead atoms. The summed E-state index contributed by atoms with van der Waals surface area (Å²) >= 11 is 3.49. The summed E-state index contributed by atoms with van der Waals surface area (Å²) in [6.45, 7) is 8.12. The van der Waals surface area contributed by atoms with E-state index < -0.39 is 12.0 Å². The Hall–Kier alpha value is -2.92. The highest BCUT2D eigenvalue weighted by Gasteiger charge is 2.33. The number of aromatic nitrogens is 1. The van der Waals surface area contributed by atoms with Gasteiger partial charge in [0.1, 0.15) is 0 Å². The zero-order chi connectivity index (χ0) is 26.0. The van der Waals surface area contributed by atoms with Gasteiger partial charge in [-0.25, -0.2) is 9.79 Å². The molecule has 7 nitrogen and oxygen atoms in total. The van der Waals surface area contributed by atoms with Crippen molar-refractivity contribution in [2.24, 2.45) is 4.99 Å². The Bertz CT molecular complexity index is 1520. The van der Waals surface area contributed by atoms with Crippen LogP contribution in [0.5, 0.6) is 11.5 Å². The lowest BCUT2D eigenvalue weighted by atomic mass is 9.95. The van der Waals surface area contributed by atoms with Gasteiger partial charge in [-0.15, -0.1) is 0 Å². The minimum Gasteiger partial charge on any atom is -0.493 e. The number of aryl methyl sites for hydroxylation is 1. The first-order chi connectivity index (χ1) is 17.3. The third-order valence-corrected chi connectivity index (χ3v) is 7.36. The average Bonchev–Trinajstić information content (AvgIpc) is 3.14. The third-order valence-electron chi connectivity index (χ3n) is 5.75. The maximum Gasteiger partial charge on any atom is 0.338 e. The van der Waals surface area contributed by atoms with Gasteiger partial charge < -0.3 is 14.2 Å². The number of benzene rings is 2. The van der Waals surface area contributed by atoms with Crippen LogP contribution in [0.3, 0.4) is 0 Å². The molecule has 0 saturated carbocycles. The van der Waals surface area contributed by atoms with Crippen LogP contribution in [0, 0.1) is 10.5 Å². The summed E-state index contributed by atoms with van der Waals surface area (Å²) in [7, 11) is 1.59. The van der Waals surface area contributed by atoms with Gasteiger partial charge in [0.05, 0.1) is 42.2 Å². The minimum atomic E-state index is -0.639. The molecule has 0 fully saturated rings. The molecule has 1 aliphatic heterocycles. The molecule has 2 aromatic carbocycles. The molecule has 0 N–H and O–H groups in total. The number of halogens is 1. The fraction of sp³-hybridized carbons (Fsp3) is 0.296. The molecule has 2 heterocycles. The van der Waals surface area contributed by atoms with Crippen LogP contribution >= 0.6 is 33.9 Å². The lowest BCUT2D eigenvalue weighted by Crippen LogP contribution is -2.39. The molecule has 0 amide bonds. The lowest BCUT2D eigenvalue weighted by molar-refractivity contribution is -0.139. The van der Waals surface area contributed by atoms with Crippen molar-refractivity contribution < 1.29 is 19.0 Å². The molecule has 0 radical (unpaired) electrons. The predicted molar refractivity (Wildman–Crippen MR) is 148 cm³/mol. The van der Waals surface area contributed by atoms with Crippen molar-refractivity contribution >= 4 is 46.0 Å². The van der Waals surface area contributed by atoms with E-state index in [-0.39, 0.29) is 12.2 Å². The highest BCUT2D eigenvalue weighted by Crippen LogP contribution is 2.34. The average molecular weight is 618 g/mol. The maximum absolute atomic E-state index is 13.8. The van der Waals surface area contributed by atoms with E-state index in [4.69, 9.17) is 14.2 Å². The number of allylic oxidation sites excluding steroid dienone is 1. The summed E-state index contributed by atoms with van der Waals surface area (Å²) in [4.78, 5) is 32.0. The van der Waals surface area contributed by atoms with E-state index in [9.17, 15) is 9.59 Å². The molecule has 0 spiro atoms. The zero-order valence-electron chi connectivity index (χ0n) is 20.8. The Balaban J connectivity index is 1.98. The van der Waals surface area contributed by atoms with Gasteiger partial charge in [0.2, 0.25) is 0 Å².